The van der Waals surface area contributed by atoms with E-state index in [2.05, 4.69) is 52.4 Å². The van der Waals surface area contributed by atoms with Gasteiger partial charge in [-0.1, -0.05) is 76.3 Å². The van der Waals surface area contributed by atoms with Crippen LogP contribution in [0.3, 0.4) is 0 Å². The van der Waals surface area contributed by atoms with Crippen molar-refractivity contribution >= 4 is 22.5 Å². The molecular formula is C27H46S2. The fraction of sp³-hybridized carbons (Fsp3) is 0.926. The normalized spacial score (nSPS) is 45.3. The van der Waals surface area contributed by atoms with E-state index in [-0.39, 0.29) is 0 Å². The van der Waals surface area contributed by atoms with Gasteiger partial charge in [0.05, 0.1) is 0 Å². The highest BCUT2D eigenvalue weighted by Gasteiger charge is 2.59. The summed E-state index contributed by atoms with van der Waals surface area (Å²) in [7, 11) is 1.81. The second-order valence-corrected chi connectivity index (χ2v) is 13.8. The molecule has 0 aromatic heterocycles. The Kier molecular flexibility index (Phi) is 6.84. The fourth-order valence-corrected chi connectivity index (χ4v) is 9.76. The summed E-state index contributed by atoms with van der Waals surface area (Å²) in [4.78, 5) is 0. The van der Waals surface area contributed by atoms with Gasteiger partial charge in [0.15, 0.2) is 0 Å². The van der Waals surface area contributed by atoms with Crippen molar-refractivity contribution < 1.29 is 0 Å². The standard InChI is InChI=1S/C27H46S2/c1-18(2)7-6-8-19(3)23-11-12-24-22-10-9-20-17-21(29-28)13-15-26(20,4)25(22)14-16-27(23,24)5/h9,18-19,21-25,28H,6-8,10-17H2,1-5H3/t19?,21?,22?,23?,24?,25?,26?,27-/m1/s1. The molecule has 4 aliphatic rings. The second kappa shape index (κ2) is 8.76. The molecule has 8 atom stereocenters. The third-order valence-corrected chi connectivity index (χ3v) is 12.0. The summed E-state index contributed by atoms with van der Waals surface area (Å²) in [6.45, 7) is 12.7. The molecule has 0 saturated heterocycles. The van der Waals surface area contributed by atoms with Crippen LogP contribution < -0.4 is 0 Å². The molecule has 166 valence electrons. The largest absolute Gasteiger partial charge is 0.111 e. The van der Waals surface area contributed by atoms with E-state index < -0.39 is 0 Å². The van der Waals surface area contributed by atoms with Crippen LogP contribution in [-0.4, -0.2) is 5.25 Å². The Balaban J connectivity index is 1.48. The molecule has 4 rings (SSSR count). The summed E-state index contributed by atoms with van der Waals surface area (Å²) in [6.07, 6.45) is 18.6. The van der Waals surface area contributed by atoms with Crippen molar-refractivity contribution in [3.8, 4) is 0 Å². The van der Waals surface area contributed by atoms with Gasteiger partial charge in [0.1, 0.15) is 0 Å². The van der Waals surface area contributed by atoms with Crippen molar-refractivity contribution in [1.82, 2.24) is 0 Å². The minimum Gasteiger partial charge on any atom is -0.111 e. The van der Waals surface area contributed by atoms with E-state index in [1.165, 1.54) is 70.6 Å². The molecule has 0 radical (unpaired) electrons. The van der Waals surface area contributed by atoms with Crippen molar-refractivity contribution in [2.24, 2.45) is 46.3 Å². The monoisotopic (exact) mass is 434 g/mol. The highest BCUT2D eigenvalue weighted by molar-refractivity contribution is 8.68. The second-order valence-electron chi connectivity index (χ2n) is 12.3. The zero-order valence-electron chi connectivity index (χ0n) is 19.8. The lowest BCUT2D eigenvalue weighted by Gasteiger charge is -2.58. The SMILES string of the molecule is CC(C)CCCC(C)C1CCC2C3CC=C4CC(SS)CCC4(C)C3CC[C@]12C. The Labute approximate surface area is 190 Å². The minimum absolute atomic E-state index is 0.505. The first-order valence-corrected chi connectivity index (χ1v) is 14.7. The zero-order chi connectivity index (χ0) is 20.8. The van der Waals surface area contributed by atoms with E-state index >= 15 is 0 Å². The average Bonchev–Trinajstić information content (AvgIpc) is 3.04. The maximum atomic E-state index is 4.55. The number of rotatable bonds is 6. The molecule has 4 aliphatic carbocycles. The van der Waals surface area contributed by atoms with Crippen molar-refractivity contribution in [1.29, 1.82) is 0 Å². The summed E-state index contributed by atoms with van der Waals surface area (Å²) in [5.74, 6) is 5.69. The van der Waals surface area contributed by atoms with Crippen LogP contribution in [0.25, 0.3) is 0 Å². The third-order valence-electron chi connectivity index (χ3n) is 10.4. The van der Waals surface area contributed by atoms with Gasteiger partial charge in [-0.15, -0.1) is 11.7 Å². The molecule has 0 amide bonds. The predicted molar refractivity (Wildman–Crippen MR) is 133 cm³/mol. The Morgan fingerprint density at radius 1 is 1.03 bits per heavy atom. The number of hydrogen-bond donors (Lipinski definition) is 1. The van der Waals surface area contributed by atoms with Gasteiger partial charge in [0.2, 0.25) is 0 Å². The molecule has 0 heterocycles. The molecule has 0 bridgehead atoms. The van der Waals surface area contributed by atoms with Gasteiger partial charge in [0, 0.05) is 5.25 Å². The van der Waals surface area contributed by atoms with Gasteiger partial charge in [-0.05, 0) is 97.7 Å². The molecular weight excluding hydrogens is 388 g/mol. The molecule has 29 heavy (non-hydrogen) atoms. The van der Waals surface area contributed by atoms with Gasteiger partial charge in [-0.3, -0.25) is 0 Å². The molecule has 0 aromatic rings. The Bertz CT molecular complexity index is 610. The number of fused-ring (bicyclic) bond motifs is 5. The first kappa shape index (κ1) is 22.6. The molecule has 7 unspecified atom stereocenters. The van der Waals surface area contributed by atoms with Crippen LogP contribution in [0, 0.1) is 46.3 Å². The zero-order valence-corrected chi connectivity index (χ0v) is 21.5. The molecule has 3 saturated carbocycles. The first-order chi connectivity index (χ1) is 13.8. The van der Waals surface area contributed by atoms with Gasteiger partial charge in [-0.2, -0.15) is 0 Å². The van der Waals surface area contributed by atoms with Crippen LogP contribution in [0.2, 0.25) is 0 Å². The smallest absolute Gasteiger partial charge is 0.0186 e. The minimum atomic E-state index is 0.505. The summed E-state index contributed by atoms with van der Waals surface area (Å²) in [6, 6.07) is 0. The first-order valence-electron chi connectivity index (χ1n) is 12.8. The van der Waals surface area contributed by atoms with Gasteiger partial charge in [-0.25, -0.2) is 0 Å². The van der Waals surface area contributed by atoms with Crippen molar-refractivity contribution in [3.05, 3.63) is 11.6 Å². The molecule has 3 fully saturated rings. The van der Waals surface area contributed by atoms with Gasteiger partial charge < -0.3 is 0 Å². The van der Waals surface area contributed by atoms with Crippen LogP contribution in [0.15, 0.2) is 11.6 Å². The topological polar surface area (TPSA) is 0 Å². The molecule has 0 N–H and O–H groups in total. The van der Waals surface area contributed by atoms with Crippen LogP contribution in [0.1, 0.15) is 105 Å². The number of thiol groups is 1. The summed E-state index contributed by atoms with van der Waals surface area (Å²) in [5.41, 5.74) is 2.94. The lowest BCUT2D eigenvalue weighted by Crippen LogP contribution is -2.50. The maximum absolute atomic E-state index is 4.55. The summed E-state index contributed by atoms with van der Waals surface area (Å²) < 4.78 is 0. The van der Waals surface area contributed by atoms with Gasteiger partial charge >= 0.3 is 0 Å². The van der Waals surface area contributed by atoms with Crippen molar-refractivity contribution in [2.75, 3.05) is 0 Å². The summed E-state index contributed by atoms with van der Waals surface area (Å²) >= 11 is 4.55. The lowest BCUT2D eigenvalue weighted by atomic mass is 9.47. The molecule has 0 aromatic carbocycles. The van der Waals surface area contributed by atoms with Crippen LogP contribution >= 0.6 is 22.5 Å². The van der Waals surface area contributed by atoms with E-state index in [0.29, 0.717) is 10.8 Å². The van der Waals surface area contributed by atoms with E-state index in [0.717, 1.165) is 40.8 Å². The Morgan fingerprint density at radius 3 is 2.55 bits per heavy atom. The summed E-state index contributed by atoms with van der Waals surface area (Å²) in [5, 5.41) is 0.755. The third kappa shape index (κ3) is 4.01. The Morgan fingerprint density at radius 2 is 1.83 bits per heavy atom. The Hall–Kier alpha value is 0.440. The van der Waals surface area contributed by atoms with Crippen LogP contribution in [0.5, 0.6) is 0 Å². The highest BCUT2D eigenvalue weighted by atomic mass is 33.1. The van der Waals surface area contributed by atoms with E-state index in [4.69, 9.17) is 0 Å². The number of hydrogen-bond acceptors (Lipinski definition) is 2. The quantitative estimate of drug-likeness (QED) is 0.247. The highest BCUT2D eigenvalue weighted by Crippen LogP contribution is 2.67. The van der Waals surface area contributed by atoms with Crippen LogP contribution in [0.4, 0.5) is 0 Å². The lowest BCUT2D eigenvalue weighted by molar-refractivity contribution is -0.0497. The molecule has 0 aliphatic heterocycles. The van der Waals surface area contributed by atoms with Crippen molar-refractivity contribution in [3.63, 3.8) is 0 Å². The molecule has 0 spiro atoms. The molecule has 0 nitrogen and oxygen atoms in total. The van der Waals surface area contributed by atoms with Crippen molar-refractivity contribution in [2.45, 2.75) is 110 Å². The van der Waals surface area contributed by atoms with Crippen LogP contribution in [-0.2, 0) is 0 Å². The predicted octanol–water partition coefficient (Wildman–Crippen LogP) is 8.97. The number of allylic oxidation sites excluding steroid dienone is 2. The maximum Gasteiger partial charge on any atom is 0.0186 e. The van der Waals surface area contributed by atoms with E-state index in [9.17, 15) is 0 Å². The van der Waals surface area contributed by atoms with E-state index in [1.54, 1.807) is 0 Å². The molecule has 2 heteroatoms. The van der Waals surface area contributed by atoms with E-state index in [1.807, 2.05) is 16.4 Å². The average molecular weight is 435 g/mol. The van der Waals surface area contributed by atoms with Gasteiger partial charge in [0.25, 0.3) is 0 Å². The fourth-order valence-electron chi connectivity index (χ4n) is 8.74.